The highest BCUT2D eigenvalue weighted by atomic mass is 35.5. The number of benzene rings is 1. The molecule has 0 spiro atoms. The number of aryl methyl sites for hydroxylation is 1. The van der Waals surface area contributed by atoms with Gasteiger partial charge in [0.2, 0.25) is 0 Å². The zero-order valence-corrected chi connectivity index (χ0v) is 13.0. The van der Waals surface area contributed by atoms with Gasteiger partial charge in [-0.3, -0.25) is 0 Å². The van der Waals surface area contributed by atoms with Gasteiger partial charge in [-0.1, -0.05) is 24.6 Å². The normalized spacial score (nSPS) is 11.2. The summed E-state index contributed by atoms with van der Waals surface area (Å²) in [7, 11) is 0. The van der Waals surface area contributed by atoms with Crippen LogP contribution in [0.15, 0.2) is 42.7 Å². The minimum absolute atomic E-state index is 0.787. The summed E-state index contributed by atoms with van der Waals surface area (Å²) >= 11 is 6.08. The Bertz CT molecular complexity index is 777. The molecule has 0 atom stereocenters. The second-order valence-corrected chi connectivity index (χ2v) is 5.58. The molecule has 3 rings (SSSR count). The van der Waals surface area contributed by atoms with Gasteiger partial charge in [0.05, 0.1) is 5.69 Å². The minimum Gasteiger partial charge on any atom is -0.313 e. The van der Waals surface area contributed by atoms with E-state index in [9.17, 15) is 0 Å². The zero-order valence-electron chi connectivity index (χ0n) is 12.2. The van der Waals surface area contributed by atoms with Crippen molar-refractivity contribution < 1.29 is 0 Å². The van der Waals surface area contributed by atoms with Gasteiger partial charge in [0.25, 0.3) is 0 Å². The van der Waals surface area contributed by atoms with Gasteiger partial charge in [0.15, 0.2) is 0 Å². The van der Waals surface area contributed by atoms with Crippen LogP contribution in [0.4, 0.5) is 0 Å². The quantitative estimate of drug-likeness (QED) is 0.787. The molecule has 2 heterocycles. The Morgan fingerprint density at radius 1 is 1.24 bits per heavy atom. The minimum atomic E-state index is 0.787. The molecule has 0 aliphatic carbocycles. The molecule has 3 aromatic rings. The van der Waals surface area contributed by atoms with Gasteiger partial charge in [0, 0.05) is 29.5 Å². The van der Waals surface area contributed by atoms with Crippen LogP contribution in [0.2, 0.25) is 5.02 Å². The van der Waals surface area contributed by atoms with Gasteiger partial charge >= 0.3 is 0 Å². The molecule has 0 amide bonds. The average molecular weight is 300 g/mol. The summed E-state index contributed by atoms with van der Waals surface area (Å²) in [5.74, 6) is 0. The fourth-order valence-corrected chi connectivity index (χ4v) is 2.46. The number of pyridine rings is 1. The number of aromatic nitrogens is 2. The van der Waals surface area contributed by atoms with Gasteiger partial charge in [-0.2, -0.15) is 0 Å². The lowest BCUT2D eigenvalue weighted by Gasteiger charge is -2.01. The van der Waals surface area contributed by atoms with Crippen molar-refractivity contribution in [3.63, 3.8) is 0 Å². The molecule has 0 bridgehead atoms. The topological polar surface area (TPSA) is 29.3 Å². The third-order valence-electron chi connectivity index (χ3n) is 3.56. The van der Waals surface area contributed by atoms with Crippen LogP contribution in [0.3, 0.4) is 0 Å². The molecule has 4 heteroatoms. The van der Waals surface area contributed by atoms with Gasteiger partial charge in [-0.15, -0.1) is 0 Å². The number of halogens is 1. The average Bonchev–Trinajstić information content (AvgIpc) is 2.91. The van der Waals surface area contributed by atoms with Crippen molar-refractivity contribution >= 4 is 17.2 Å². The number of fused-ring (bicyclic) bond motifs is 1. The van der Waals surface area contributed by atoms with Crippen LogP contribution < -0.4 is 5.32 Å². The molecule has 21 heavy (non-hydrogen) atoms. The van der Waals surface area contributed by atoms with E-state index in [1.807, 2.05) is 19.1 Å². The summed E-state index contributed by atoms with van der Waals surface area (Å²) in [5, 5.41) is 4.12. The largest absolute Gasteiger partial charge is 0.313 e. The highest BCUT2D eigenvalue weighted by molar-refractivity contribution is 6.31. The Morgan fingerprint density at radius 2 is 2.10 bits per heavy atom. The molecule has 108 valence electrons. The van der Waals surface area contributed by atoms with Crippen molar-refractivity contribution in [1.29, 1.82) is 0 Å². The molecule has 0 saturated heterocycles. The number of nitrogens with zero attached hydrogens (tertiary/aromatic N) is 2. The molecule has 0 radical (unpaired) electrons. The Labute approximate surface area is 129 Å². The maximum atomic E-state index is 6.08. The predicted octanol–water partition coefficient (Wildman–Crippen LogP) is 4.07. The lowest BCUT2D eigenvalue weighted by atomic mass is 10.1. The number of hydrogen-bond acceptors (Lipinski definition) is 2. The lowest BCUT2D eigenvalue weighted by molar-refractivity contribution is 0.726. The third kappa shape index (κ3) is 2.94. The van der Waals surface area contributed by atoms with Crippen molar-refractivity contribution in [2.24, 2.45) is 0 Å². The molecule has 0 aliphatic rings. The van der Waals surface area contributed by atoms with E-state index in [2.05, 4.69) is 47.2 Å². The molecule has 1 aromatic carbocycles. The van der Waals surface area contributed by atoms with E-state index in [0.29, 0.717) is 0 Å². The van der Waals surface area contributed by atoms with Gasteiger partial charge in [0.1, 0.15) is 5.65 Å². The smallest absolute Gasteiger partial charge is 0.137 e. The van der Waals surface area contributed by atoms with E-state index in [1.54, 1.807) is 0 Å². The maximum absolute atomic E-state index is 6.08. The van der Waals surface area contributed by atoms with Gasteiger partial charge < -0.3 is 9.72 Å². The van der Waals surface area contributed by atoms with E-state index >= 15 is 0 Å². The molecule has 1 N–H and O–H groups in total. The summed E-state index contributed by atoms with van der Waals surface area (Å²) in [6, 6.07) is 10.2. The molecule has 0 fully saturated rings. The van der Waals surface area contributed by atoms with E-state index in [-0.39, 0.29) is 0 Å². The van der Waals surface area contributed by atoms with Crippen LogP contribution in [-0.2, 0) is 6.54 Å². The Balaban J connectivity index is 1.98. The van der Waals surface area contributed by atoms with E-state index < -0.39 is 0 Å². The van der Waals surface area contributed by atoms with Crippen LogP contribution in [-0.4, -0.2) is 15.9 Å². The van der Waals surface area contributed by atoms with E-state index in [0.717, 1.165) is 40.6 Å². The SMILES string of the molecule is CCNCc1ccn2cc(-c3ccc(Cl)c(C)c3)nc2c1. The highest BCUT2D eigenvalue weighted by Crippen LogP contribution is 2.24. The van der Waals surface area contributed by atoms with Crippen molar-refractivity contribution in [3.05, 3.63) is 58.9 Å². The van der Waals surface area contributed by atoms with Gasteiger partial charge in [-0.05, 0) is 48.9 Å². The van der Waals surface area contributed by atoms with Crippen molar-refractivity contribution in [1.82, 2.24) is 14.7 Å². The molecule has 2 aromatic heterocycles. The number of hydrogen-bond donors (Lipinski definition) is 1. The third-order valence-corrected chi connectivity index (χ3v) is 3.98. The van der Waals surface area contributed by atoms with E-state index in [1.165, 1.54) is 5.56 Å². The fourth-order valence-electron chi connectivity index (χ4n) is 2.35. The molecular weight excluding hydrogens is 282 g/mol. The van der Waals surface area contributed by atoms with Crippen LogP contribution in [0, 0.1) is 6.92 Å². The zero-order chi connectivity index (χ0) is 14.8. The first-order valence-corrected chi connectivity index (χ1v) is 7.50. The summed E-state index contributed by atoms with van der Waals surface area (Å²) in [6.45, 7) is 5.95. The second-order valence-electron chi connectivity index (χ2n) is 5.17. The highest BCUT2D eigenvalue weighted by Gasteiger charge is 2.06. The van der Waals surface area contributed by atoms with Crippen molar-refractivity contribution in [2.75, 3.05) is 6.54 Å². The molecule has 0 saturated carbocycles. The Kier molecular flexibility index (Phi) is 3.95. The Hall–Kier alpha value is -1.84. The predicted molar refractivity (Wildman–Crippen MR) is 87.8 cm³/mol. The first-order chi connectivity index (χ1) is 10.2. The monoisotopic (exact) mass is 299 g/mol. The first-order valence-electron chi connectivity index (χ1n) is 7.12. The number of rotatable bonds is 4. The standard InChI is InChI=1S/C17H18ClN3/c1-3-19-10-13-6-7-21-11-16(20-17(21)9-13)14-4-5-15(18)12(2)8-14/h4-9,11,19H,3,10H2,1-2H3. The van der Waals surface area contributed by atoms with Crippen LogP contribution in [0.1, 0.15) is 18.1 Å². The van der Waals surface area contributed by atoms with Crippen molar-refractivity contribution in [2.45, 2.75) is 20.4 Å². The Morgan fingerprint density at radius 3 is 2.86 bits per heavy atom. The molecule has 0 aliphatic heterocycles. The fraction of sp³-hybridized carbons (Fsp3) is 0.235. The lowest BCUT2D eigenvalue weighted by Crippen LogP contribution is -2.11. The first kappa shape index (κ1) is 14.1. The molecular formula is C17H18ClN3. The van der Waals surface area contributed by atoms with Crippen LogP contribution in [0.25, 0.3) is 16.9 Å². The number of imidazole rings is 1. The summed E-state index contributed by atoms with van der Waals surface area (Å²) in [5.41, 5.74) is 5.34. The van der Waals surface area contributed by atoms with Crippen LogP contribution in [0.5, 0.6) is 0 Å². The number of nitrogens with one attached hydrogen (secondary N) is 1. The summed E-state index contributed by atoms with van der Waals surface area (Å²) < 4.78 is 2.05. The van der Waals surface area contributed by atoms with Crippen LogP contribution >= 0.6 is 11.6 Å². The maximum Gasteiger partial charge on any atom is 0.137 e. The van der Waals surface area contributed by atoms with E-state index in [4.69, 9.17) is 16.6 Å². The second kappa shape index (κ2) is 5.88. The molecule has 3 nitrogen and oxygen atoms in total. The van der Waals surface area contributed by atoms with Gasteiger partial charge in [-0.25, -0.2) is 4.98 Å². The molecule has 0 unspecified atom stereocenters. The van der Waals surface area contributed by atoms with Crippen molar-refractivity contribution in [3.8, 4) is 11.3 Å². The summed E-state index contributed by atoms with van der Waals surface area (Å²) in [6.07, 6.45) is 4.11. The summed E-state index contributed by atoms with van der Waals surface area (Å²) in [4.78, 5) is 4.71.